The molecule has 0 radical (unpaired) electrons. The Morgan fingerprint density at radius 3 is 2.73 bits per heavy atom. The van der Waals surface area contributed by atoms with Gasteiger partial charge < -0.3 is 26.0 Å². The summed E-state index contributed by atoms with van der Waals surface area (Å²) in [4.78, 5) is 12.9. The van der Waals surface area contributed by atoms with Crippen LogP contribution >= 0.6 is 0 Å². The van der Waals surface area contributed by atoms with Gasteiger partial charge in [-0.15, -0.1) is 0 Å². The number of anilines is 1. The predicted molar refractivity (Wildman–Crippen MR) is 94.1 cm³/mol. The van der Waals surface area contributed by atoms with Crippen molar-refractivity contribution < 1.29 is 14.9 Å². The summed E-state index contributed by atoms with van der Waals surface area (Å²) in [6, 6.07) is 9.26. The minimum Gasteiger partial charge on any atom is -0.394 e. The SMILES string of the molecule is N[C@@H]1[C@H](O)[C@@H](CO)O[C@H]1n1cnc2c(NCc3ccccc3)ncnc21. The first-order chi connectivity index (χ1) is 12.7. The van der Waals surface area contributed by atoms with Gasteiger partial charge in [0.1, 0.15) is 18.5 Å². The number of nitrogens with zero attached hydrogens (tertiary/aromatic N) is 4. The number of rotatable bonds is 5. The van der Waals surface area contributed by atoms with Crippen molar-refractivity contribution in [1.29, 1.82) is 0 Å². The third-order valence-corrected chi connectivity index (χ3v) is 4.53. The first-order valence-electron chi connectivity index (χ1n) is 8.34. The predicted octanol–water partition coefficient (Wildman–Crippen LogP) is 0.0163. The van der Waals surface area contributed by atoms with Gasteiger partial charge in [-0.05, 0) is 5.56 Å². The smallest absolute Gasteiger partial charge is 0.167 e. The molecule has 0 saturated carbocycles. The number of aliphatic hydroxyl groups excluding tert-OH is 2. The van der Waals surface area contributed by atoms with Crippen molar-refractivity contribution in [3.8, 4) is 0 Å². The third kappa shape index (κ3) is 2.90. The second-order valence-electron chi connectivity index (χ2n) is 6.20. The van der Waals surface area contributed by atoms with Crippen molar-refractivity contribution in [1.82, 2.24) is 19.5 Å². The maximum atomic E-state index is 10.1. The molecule has 9 nitrogen and oxygen atoms in total. The van der Waals surface area contributed by atoms with Crippen molar-refractivity contribution in [2.24, 2.45) is 5.73 Å². The molecule has 1 aliphatic heterocycles. The van der Waals surface area contributed by atoms with Gasteiger partial charge in [0, 0.05) is 6.54 Å². The highest BCUT2D eigenvalue weighted by molar-refractivity contribution is 5.82. The van der Waals surface area contributed by atoms with Crippen LogP contribution in [0.3, 0.4) is 0 Å². The Hall–Kier alpha value is -2.59. The number of fused-ring (bicyclic) bond motifs is 1. The van der Waals surface area contributed by atoms with Crippen LogP contribution < -0.4 is 11.1 Å². The number of hydrogen-bond acceptors (Lipinski definition) is 8. The molecule has 1 aromatic carbocycles. The van der Waals surface area contributed by atoms with Crippen molar-refractivity contribution in [2.75, 3.05) is 11.9 Å². The summed E-state index contributed by atoms with van der Waals surface area (Å²) in [6.07, 6.45) is 0.646. The molecule has 5 N–H and O–H groups in total. The third-order valence-electron chi connectivity index (χ3n) is 4.53. The number of nitrogens with two attached hydrogens (primary N) is 1. The number of nitrogens with one attached hydrogen (secondary N) is 1. The molecule has 1 saturated heterocycles. The van der Waals surface area contributed by atoms with Crippen LogP contribution in [0.25, 0.3) is 11.2 Å². The van der Waals surface area contributed by atoms with E-state index in [1.807, 2.05) is 30.3 Å². The zero-order valence-electron chi connectivity index (χ0n) is 13.9. The van der Waals surface area contributed by atoms with Crippen LogP contribution in [0, 0.1) is 0 Å². The van der Waals surface area contributed by atoms with Gasteiger partial charge in [-0.2, -0.15) is 0 Å². The van der Waals surface area contributed by atoms with Crippen LogP contribution in [0.1, 0.15) is 11.8 Å². The molecule has 1 aliphatic rings. The van der Waals surface area contributed by atoms with Crippen molar-refractivity contribution >= 4 is 17.0 Å². The molecule has 0 amide bonds. The highest BCUT2D eigenvalue weighted by atomic mass is 16.5. The lowest BCUT2D eigenvalue weighted by Gasteiger charge is -2.17. The first kappa shape index (κ1) is 16.9. The fraction of sp³-hybridized carbons (Fsp3) is 0.353. The topological polar surface area (TPSA) is 131 Å². The number of imidazole rings is 1. The average molecular weight is 356 g/mol. The fourth-order valence-corrected chi connectivity index (χ4v) is 3.12. The second kappa shape index (κ2) is 6.96. The van der Waals surface area contributed by atoms with E-state index in [0.29, 0.717) is 23.5 Å². The molecule has 0 unspecified atom stereocenters. The van der Waals surface area contributed by atoms with E-state index in [2.05, 4.69) is 20.3 Å². The van der Waals surface area contributed by atoms with Crippen LogP contribution in [0.4, 0.5) is 5.82 Å². The van der Waals surface area contributed by atoms with Crippen LogP contribution in [0.15, 0.2) is 43.0 Å². The van der Waals surface area contributed by atoms with Gasteiger partial charge in [0.05, 0.1) is 19.0 Å². The molecule has 0 bridgehead atoms. The molecule has 4 rings (SSSR count). The standard InChI is InChI=1S/C17H20N6O3/c18-12-14(25)11(7-24)26-17(12)23-9-22-13-15(20-8-21-16(13)23)19-6-10-4-2-1-3-5-10/h1-5,8-9,11-12,14,17,24-25H,6-7,18H2,(H,19,20,21)/t11-,12-,14-,17-/m1/s1. The molecular formula is C17H20N6O3. The summed E-state index contributed by atoms with van der Waals surface area (Å²) in [5, 5.41) is 22.6. The van der Waals surface area contributed by atoms with E-state index in [9.17, 15) is 10.2 Å². The molecular weight excluding hydrogens is 336 g/mol. The lowest BCUT2D eigenvalue weighted by molar-refractivity contribution is -0.0437. The van der Waals surface area contributed by atoms with Crippen molar-refractivity contribution in [2.45, 2.75) is 31.0 Å². The van der Waals surface area contributed by atoms with E-state index in [4.69, 9.17) is 10.5 Å². The van der Waals surface area contributed by atoms with Crippen molar-refractivity contribution in [3.63, 3.8) is 0 Å². The summed E-state index contributed by atoms with van der Waals surface area (Å²) >= 11 is 0. The Morgan fingerprint density at radius 1 is 1.19 bits per heavy atom. The largest absolute Gasteiger partial charge is 0.394 e. The van der Waals surface area contributed by atoms with Crippen LogP contribution in [0.5, 0.6) is 0 Å². The van der Waals surface area contributed by atoms with Gasteiger partial charge in [-0.1, -0.05) is 30.3 Å². The molecule has 9 heteroatoms. The van der Waals surface area contributed by atoms with Gasteiger partial charge in [-0.3, -0.25) is 4.57 Å². The van der Waals surface area contributed by atoms with E-state index in [1.54, 1.807) is 10.9 Å². The molecule has 4 atom stereocenters. The van der Waals surface area contributed by atoms with Gasteiger partial charge in [-0.25, -0.2) is 15.0 Å². The Morgan fingerprint density at radius 2 is 2.00 bits per heavy atom. The lowest BCUT2D eigenvalue weighted by Crippen LogP contribution is -2.39. The first-order valence-corrected chi connectivity index (χ1v) is 8.34. The minimum absolute atomic E-state index is 0.309. The highest BCUT2D eigenvalue weighted by Crippen LogP contribution is 2.31. The van der Waals surface area contributed by atoms with E-state index in [1.165, 1.54) is 6.33 Å². The molecule has 26 heavy (non-hydrogen) atoms. The maximum absolute atomic E-state index is 10.1. The summed E-state index contributed by atoms with van der Waals surface area (Å²) < 4.78 is 7.33. The molecule has 3 aromatic rings. The highest BCUT2D eigenvalue weighted by Gasteiger charge is 2.42. The number of hydrogen-bond donors (Lipinski definition) is 4. The summed E-state index contributed by atoms with van der Waals surface area (Å²) in [5.41, 5.74) is 8.30. The Labute approximate surface area is 149 Å². The van der Waals surface area contributed by atoms with Gasteiger partial charge in [0.25, 0.3) is 0 Å². The molecule has 1 fully saturated rings. The fourth-order valence-electron chi connectivity index (χ4n) is 3.12. The lowest BCUT2D eigenvalue weighted by atomic mass is 10.1. The van der Waals surface area contributed by atoms with Gasteiger partial charge in [0.2, 0.25) is 0 Å². The van der Waals surface area contributed by atoms with E-state index in [0.717, 1.165) is 5.56 Å². The van der Waals surface area contributed by atoms with E-state index >= 15 is 0 Å². The quantitative estimate of drug-likeness (QED) is 0.503. The monoisotopic (exact) mass is 356 g/mol. The Bertz CT molecular complexity index is 887. The molecule has 3 heterocycles. The van der Waals surface area contributed by atoms with Gasteiger partial charge in [0.15, 0.2) is 23.2 Å². The molecule has 0 spiro atoms. The number of benzene rings is 1. The summed E-state index contributed by atoms with van der Waals surface area (Å²) in [7, 11) is 0. The minimum atomic E-state index is -0.958. The summed E-state index contributed by atoms with van der Waals surface area (Å²) in [6.45, 7) is 0.293. The van der Waals surface area contributed by atoms with Crippen molar-refractivity contribution in [3.05, 3.63) is 48.5 Å². The molecule has 136 valence electrons. The Balaban J connectivity index is 1.61. The zero-order chi connectivity index (χ0) is 18.1. The zero-order valence-corrected chi connectivity index (χ0v) is 13.9. The second-order valence-corrected chi connectivity index (χ2v) is 6.20. The number of aromatic nitrogens is 4. The number of ether oxygens (including phenoxy) is 1. The van der Waals surface area contributed by atoms with Gasteiger partial charge >= 0.3 is 0 Å². The number of aliphatic hydroxyl groups is 2. The van der Waals surface area contributed by atoms with Crippen LogP contribution in [0.2, 0.25) is 0 Å². The van der Waals surface area contributed by atoms with E-state index < -0.39 is 24.5 Å². The summed E-state index contributed by atoms with van der Waals surface area (Å²) in [5.74, 6) is 0.600. The molecule has 0 aliphatic carbocycles. The van der Waals surface area contributed by atoms with Crippen LogP contribution in [-0.2, 0) is 11.3 Å². The average Bonchev–Trinajstić information content (AvgIpc) is 3.23. The van der Waals surface area contributed by atoms with Crippen LogP contribution in [-0.4, -0.2) is 54.6 Å². The maximum Gasteiger partial charge on any atom is 0.167 e. The molecule has 2 aromatic heterocycles. The Kier molecular flexibility index (Phi) is 4.51. The normalized spacial score (nSPS) is 25.7. The van der Waals surface area contributed by atoms with E-state index in [-0.39, 0.29) is 6.61 Å².